The fourth-order valence-electron chi connectivity index (χ4n) is 2.67. The molecule has 6 heteroatoms. The van der Waals surface area contributed by atoms with Crippen LogP contribution in [-0.4, -0.2) is 14.3 Å². The van der Waals surface area contributed by atoms with Crippen LogP contribution in [0.5, 0.6) is 0 Å². The van der Waals surface area contributed by atoms with Gasteiger partial charge in [0.1, 0.15) is 5.82 Å². The van der Waals surface area contributed by atoms with Gasteiger partial charge in [-0.25, -0.2) is 12.8 Å². The van der Waals surface area contributed by atoms with Crippen LogP contribution in [0, 0.1) is 5.82 Å². The summed E-state index contributed by atoms with van der Waals surface area (Å²) in [5.41, 5.74) is 0.843. The number of hydrogen-bond acceptors (Lipinski definition) is 3. The molecule has 0 radical (unpaired) electrons. The van der Waals surface area contributed by atoms with E-state index in [-0.39, 0.29) is 16.1 Å². The van der Waals surface area contributed by atoms with E-state index >= 15 is 0 Å². The standard InChI is InChI=1S/C21H18FNO3S/c1-2-16-12-14-17(15-13-16)23(21(24)19-10-6-7-11-20(19)22)27(25,26)18-8-4-3-5-9-18/h3-15H,2H2,1H3. The normalized spacial score (nSPS) is 11.2. The van der Waals surface area contributed by atoms with Gasteiger partial charge in [-0.05, 0) is 48.4 Å². The van der Waals surface area contributed by atoms with Crippen LogP contribution in [0.3, 0.4) is 0 Å². The maximum absolute atomic E-state index is 14.2. The van der Waals surface area contributed by atoms with E-state index in [0.717, 1.165) is 18.1 Å². The summed E-state index contributed by atoms with van der Waals surface area (Å²) >= 11 is 0. The molecule has 0 aliphatic heterocycles. The first-order chi connectivity index (χ1) is 12.9. The smallest absolute Gasteiger partial charge is 0.267 e. The van der Waals surface area contributed by atoms with Crippen LogP contribution in [0.4, 0.5) is 10.1 Å². The van der Waals surface area contributed by atoms with E-state index in [1.807, 2.05) is 6.92 Å². The molecule has 0 N–H and O–H groups in total. The van der Waals surface area contributed by atoms with Gasteiger partial charge in [0.2, 0.25) is 0 Å². The molecule has 0 saturated heterocycles. The highest BCUT2D eigenvalue weighted by Gasteiger charge is 2.32. The van der Waals surface area contributed by atoms with Crippen LogP contribution in [0.25, 0.3) is 0 Å². The number of nitrogens with zero attached hydrogens (tertiary/aromatic N) is 1. The summed E-state index contributed by atoms with van der Waals surface area (Å²) in [6.07, 6.45) is 0.771. The van der Waals surface area contributed by atoms with E-state index in [9.17, 15) is 17.6 Å². The molecule has 3 aromatic carbocycles. The van der Waals surface area contributed by atoms with Gasteiger partial charge >= 0.3 is 0 Å². The fourth-order valence-corrected chi connectivity index (χ4v) is 4.10. The molecule has 0 unspecified atom stereocenters. The van der Waals surface area contributed by atoms with Gasteiger partial charge in [-0.2, -0.15) is 4.31 Å². The number of hydrogen-bond donors (Lipinski definition) is 0. The average Bonchev–Trinajstić information content (AvgIpc) is 2.69. The Morgan fingerprint density at radius 2 is 1.48 bits per heavy atom. The van der Waals surface area contributed by atoms with Gasteiger partial charge in [0.25, 0.3) is 15.9 Å². The molecule has 0 spiro atoms. The summed E-state index contributed by atoms with van der Waals surface area (Å²) in [5, 5.41) is 0. The summed E-state index contributed by atoms with van der Waals surface area (Å²) in [7, 11) is -4.22. The second-order valence-electron chi connectivity index (χ2n) is 5.89. The molecule has 3 aromatic rings. The Morgan fingerprint density at radius 1 is 0.889 bits per heavy atom. The number of sulfonamides is 1. The Morgan fingerprint density at radius 3 is 2.07 bits per heavy atom. The molecular weight excluding hydrogens is 365 g/mol. The number of aryl methyl sites for hydroxylation is 1. The summed E-state index contributed by atoms with van der Waals surface area (Å²) in [5.74, 6) is -1.72. The number of rotatable bonds is 5. The summed E-state index contributed by atoms with van der Waals surface area (Å²) in [4.78, 5) is 13.0. The van der Waals surface area contributed by atoms with Gasteiger partial charge in [0.05, 0.1) is 16.1 Å². The van der Waals surface area contributed by atoms with Crippen molar-refractivity contribution >= 4 is 21.6 Å². The maximum Gasteiger partial charge on any atom is 0.275 e. The third-order valence-electron chi connectivity index (χ3n) is 4.15. The van der Waals surface area contributed by atoms with Crippen molar-refractivity contribution in [1.29, 1.82) is 0 Å². The highest BCUT2D eigenvalue weighted by atomic mass is 32.2. The average molecular weight is 383 g/mol. The number of halogens is 1. The molecule has 0 aliphatic rings. The van der Waals surface area contributed by atoms with Crippen molar-refractivity contribution in [3.05, 3.63) is 95.8 Å². The zero-order chi connectivity index (χ0) is 19.4. The second kappa shape index (κ2) is 7.72. The lowest BCUT2D eigenvalue weighted by atomic mass is 10.1. The Hall–Kier alpha value is -2.99. The molecule has 1 amide bonds. The molecule has 0 fully saturated rings. The molecule has 0 heterocycles. The van der Waals surface area contributed by atoms with Crippen LogP contribution in [0.2, 0.25) is 0 Å². The molecule has 138 valence electrons. The van der Waals surface area contributed by atoms with E-state index in [0.29, 0.717) is 4.31 Å². The lowest BCUT2D eigenvalue weighted by Crippen LogP contribution is -2.37. The SMILES string of the molecule is CCc1ccc(N(C(=O)c2ccccc2F)S(=O)(=O)c2ccccc2)cc1. The minimum absolute atomic E-state index is 0.0470. The van der Waals surface area contributed by atoms with Crippen molar-refractivity contribution in [3.63, 3.8) is 0 Å². The molecule has 0 bridgehead atoms. The Labute approximate surface area is 157 Å². The Balaban J connectivity index is 2.17. The number of amides is 1. The third kappa shape index (κ3) is 3.75. The highest BCUT2D eigenvalue weighted by molar-refractivity contribution is 7.93. The predicted octanol–water partition coefficient (Wildman–Crippen LogP) is 4.42. The minimum Gasteiger partial charge on any atom is -0.267 e. The van der Waals surface area contributed by atoms with Crippen LogP contribution in [0.1, 0.15) is 22.8 Å². The van der Waals surface area contributed by atoms with Gasteiger partial charge in [-0.3, -0.25) is 4.79 Å². The molecule has 4 nitrogen and oxygen atoms in total. The van der Waals surface area contributed by atoms with E-state index in [2.05, 4.69) is 0 Å². The number of benzene rings is 3. The highest BCUT2D eigenvalue weighted by Crippen LogP contribution is 2.27. The van der Waals surface area contributed by atoms with Crippen LogP contribution >= 0.6 is 0 Å². The zero-order valence-corrected chi connectivity index (χ0v) is 15.5. The van der Waals surface area contributed by atoms with Crippen LogP contribution < -0.4 is 4.31 Å². The van der Waals surface area contributed by atoms with Gasteiger partial charge in [0, 0.05) is 0 Å². The lowest BCUT2D eigenvalue weighted by Gasteiger charge is -2.23. The number of carbonyl (C=O) groups is 1. The molecule has 0 saturated carbocycles. The fraction of sp³-hybridized carbons (Fsp3) is 0.0952. The molecule has 0 aliphatic carbocycles. The van der Waals surface area contributed by atoms with Crippen molar-refractivity contribution < 1.29 is 17.6 Å². The van der Waals surface area contributed by atoms with Crippen molar-refractivity contribution in [3.8, 4) is 0 Å². The first-order valence-electron chi connectivity index (χ1n) is 8.43. The summed E-state index contributed by atoms with van der Waals surface area (Å²) in [6.45, 7) is 1.97. The van der Waals surface area contributed by atoms with Crippen LogP contribution in [0.15, 0.2) is 83.8 Å². The van der Waals surface area contributed by atoms with E-state index < -0.39 is 21.7 Å². The summed E-state index contributed by atoms with van der Waals surface area (Å²) < 4.78 is 41.2. The van der Waals surface area contributed by atoms with Crippen molar-refractivity contribution in [2.24, 2.45) is 0 Å². The number of carbonyl (C=O) groups excluding carboxylic acids is 1. The van der Waals surface area contributed by atoms with Gasteiger partial charge in [-0.1, -0.05) is 49.4 Å². The zero-order valence-electron chi connectivity index (χ0n) is 14.7. The molecule has 3 rings (SSSR count). The van der Waals surface area contributed by atoms with E-state index in [4.69, 9.17) is 0 Å². The quantitative estimate of drug-likeness (QED) is 0.655. The van der Waals surface area contributed by atoms with Gasteiger partial charge < -0.3 is 0 Å². The van der Waals surface area contributed by atoms with Crippen molar-refractivity contribution in [2.45, 2.75) is 18.2 Å². The largest absolute Gasteiger partial charge is 0.275 e. The third-order valence-corrected chi connectivity index (χ3v) is 5.87. The lowest BCUT2D eigenvalue weighted by molar-refractivity contribution is 0.100. The Bertz CT molecular complexity index is 1050. The van der Waals surface area contributed by atoms with Gasteiger partial charge in [0.15, 0.2) is 0 Å². The topological polar surface area (TPSA) is 54.5 Å². The number of anilines is 1. The first-order valence-corrected chi connectivity index (χ1v) is 9.87. The monoisotopic (exact) mass is 383 g/mol. The van der Waals surface area contributed by atoms with E-state index in [1.54, 1.807) is 42.5 Å². The minimum atomic E-state index is -4.22. The van der Waals surface area contributed by atoms with E-state index in [1.165, 1.54) is 30.3 Å². The Kier molecular flexibility index (Phi) is 5.37. The van der Waals surface area contributed by atoms with Crippen LogP contribution in [-0.2, 0) is 16.4 Å². The molecular formula is C21H18FNO3S. The van der Waals surface area contributed by atoms with Crippen molar-refractivity contribution in [2.75, 3.05) is 4.31 Å². The maximum atomic E-state index is 14.2. The second-order valence-corrected chi connectivity index (χ2v) is 7.67. The van der Waals surface area contributed by atoms with Gasteiger partial charge in [-0.15, -0.1) is 0 Å². The molecule has 27 heavy (non-hydrogen) atoms. The summed E-state index contributed by atoms with van der Waals surface area (Å²) in [6, 6.07) is 19.5. The first kappa shape index (κ1) is 18.8. The van der Waals surface area contributed by atoms with Crippen molar-refractivity contribution in [1.82, 2.24) is 0 Å². The molecule has 0 aromatic heterocycles. The molecule has 0 atom stereocenters. The predicted molar refractivity (Wildman–Crippen MR) is 103 cm³/mol.